The van der Waals surface area contributed by atoms with Crippen molar-refractivity contribution in [3.8, 4) is 0 Å². The maximum atomic E-state index is 10.5. The van der Waals surface area contributed by atoms with Gasteiger partial charge >= 0.3 is 5.69 Å². The highest BCUT2D eigenvalue weighted by atomic mass is 16.6. The number of rotatable bonds is 3. The van der Waals surface area contributed by atoms with E-state index in [0.717, 1.165) is 6.20 Å². The summed E-state index contributed by atoms with van der Waals surface area (Å²) in [5, 5.41) is 14.2. The average Bonchev–Trinajstić information content (AvgIpc) is 2.46. The number of carbonyl (C=O) groups is 1. The second kappa shape index (κ2) is 3.34. The predicted molar refractivity (Wildman–Crippen MR) is 44.3 cm³/mol. The Balaban J connectivity index is 3.23. The van der Waals surface area contributed by atoms with Gasteiger partial charge in [0.2, 0.25) is 0 Å². The van der Waals surface area contributed by atoms with Crippen molar-refractivity contribution >= 4 is 12.0 Å². The molecule has 0 amide bonds. The number of nitrogens with zero attached hydrogens (tertiary/aromatic N) is 3. The van der Waals surface area contributed by atoms with Crippen LogP contribution in [0.1, 0.15) is 18.5 Å². The highest BCUT2D eigenvalue weighted by Crippen LogP contribution is 2.23. The van der Waals surface area contributed by atoms with Crippen molar-refractivity contribution in [3.05, 3.63) is 22.0 Å². The van der Waals surface area contributed by atoms with Gasteiger partial charge in [0.15, 0.2) is 0 Å². The molecule has 1 heterocycles. The number of hydrogen-bond donors (Lipinski definition) is 0. The molecule has 6 nitrogen and oxygen atoms in total. The minimum atomic E-state index is -0.539. The molecule has 0 saturated heterocycles. The molecule has 6 heteroatoms. The molecular formula is C7H9N3O3. The highest BCUT2D eigenvalue weighted by molar-refractivity contribution is 5.63. The summed E-state index contributed by atoms with van der Waals surface area (Å²) in [7, 11) is 1.57. The van der Waals surface area contributed by atoms with Crippen LogP contribution in [0.25, 0.3) is 0 Å². The first kappa shape index (κ1) is 9.37. The van der Waals surface area contributed by atoms with Crippen LogP contribution in [0.2, 0.25) is 0 Å². The first-order valence-corrected chi connectivity index (χ1v) is 3.69. The first-order chi connectivity index (χ1) is 6.07. The average molecular weight is 183 g/mol. The van der Waals surface area contributed by atoms with Crippen LogP contribution in [-0.4, -0.2) is 21.0 Å². The summed E-state index contributed by atoms with van der Waals surface area (Å²) in [6.07, 6.45) is 1.80. The van der Waals surface area contributed by atoms with Crippen LogP contribution >= 0.6 is 0 Å². The number of aryl methyl sites for hydroxylation is 1. The van der Waals surface area contributed by atoms with E-state index in [-0.39, 0.29) is 5.69 Å². The van der Waals surface area contributed by atoms with E-state index in [1.807, 2.05) is 0 Å². The Bertz CT molecular complexity index is 345. The van der Waals surface area contributed by atoms with Gasteiger partial charge in [0.05, 0.1) is 10.8 Å². The maximum Gasteiger partial charge on any atom is 0.310 e. The lowest BCUT2D eigenvalue weighted by molar-refractivity contribution is -0.385. The van der Waals surface area contributed by atoms with Gasteiger partial charge in [-0.15, -0.1) is 0 Å². The van der Waals surface area contributed by atoms with Gasteiger partial charge < -0.3 is 4.79 Å². The van der Waals surface area contributed by atoms with Gasteiger partial charge in [-0.3, -0.25) is 14.8 Å². The molecule has 0 aliphatic carbocycles. The van der Waals surface area contributed by atoms with E-state index in [0.29, 0.717) is 12.0 Å². The molecule has 70 valence electrons. The molecule has 0 fully saturated rings. The quantitative estimate of drug-likeness (QED) is 0.391. The monoisotopic (exact) mass is 183 g/mol. The number of carbonyl (C=O) groups excluding carboxylic acids is 1. The van der Waals surface area contributed by atoms with Crippen molar-refractivity contribution in [1.29, 1.82) is 0 Å². The van der Waals surface area contributed by atoms with Crippen LogP contribution in [0.3, 0.4) is 0 Å². The molecule has 1 unspecified atom stereocenters. The van der Waals surface area contributed by atoms with Gasteiger partial charge in [0, 0.05) is 7.05 Å². The Morgan fingerprint density at radius 3 is 2.85 bits per heavy atom. The number of nitro groups is 1. The summed E-state index contributed by atoms with van der Waals surface area (Å²) in [6.45, 7) is 1.59. The highest BCUT2D eigenvalue weighted by Gasteiger charge is 2.23. The molecule has 0 radical (unpaired) electrons. The van der Waals surface area contributed by atoms with Crippen LogP contribution in [0.5, 0.6) is 0 Å². The molecule has 0 spiro atoms. The van der Waals surface area contributed by atoms with Gasteiger partial charge in [-0.05, 0) is 6.92 Å². The fourth-order valence-electron chi connectivity index (χ4n) is 1.17. The molecular weight excluding hydrogens is 174 g/mol. The third-order valence-corrected chi connectivity index (χ3v) is 1.80. The zero-order chi connectivity index (χ0) is 10.0. The summed E-state index contributed by atoms with van der Waals surface area (Å²) in [5.41, 5.74) is 0.224. The molecule has 0 aliphatic heterocycles. The van der Waals surface area contributed by atoms with E-state index in [1.54, 1.807) is 14.0 Å². The second-order valence-corrected chi connectivity index (χ2v) is 2.72. The Morgan fingerprint density at radius 2 is 2.38 bits per heavy atom. The zero-order valence-electron chi connectivity index (χ0n) is 7.30. The third-order valence-electron chi connectivity index (χ3n) is 1.80. The predicted octanol–water partition coefficient (Wildman–Crippen LogP) is 0.631. The Morgan fingerprint density at radius 1 is 1.77 bits per heavy atom. The minimum absolute atomic E-state index is 0.109. The lowest BCUT2D eigenvalue weighted by atomic mass is 10.1. The summed E-state index contributed by atoms with van der Waals surface area (Å²) >= 11 is 0. The SMILES string of the molecule is CC(C=O)c1c([N+](=O)[O-])cnn1C. The van der Waals surface area contributed by atoms with E-state index in [2.05, 4.69) is 5.10 Å². The van der Waals surface area contributed by atoms with Gasteiger partial charge in [-0.1, -0.05) is 0 Å². The van der Waals surface area contributed by atoms with E-state index in [4.69, 9.17) is 0 Å². The fraction of sp³-hybridized carbons (Fsp3) is 0.429. The molecule has 1 aromatic heterocycles. The summed E-state index contributed by atoms with van der Waals surface area (Å²) in [5.74, 6) is -0.507. The van der Waals surface area contributed by atoms with E-state index in [1.165, 1.54) is 4.68 Å². The van der Waals surface area contributed by atoms with Crippen LogP contribution in [0.15, 0.2) is 6.20 Å². The summed E-state index contributed by atoms with van der Waals surface area (Å²) in [4.78, 5) is 20.4. The number of aromatic nitrogens is 2. The Kier molecular flexibility index (Phi) is 2.41. The molecule has 13 heavy (non-hydrogen) atoms. The largest absolute Gasteiger partial charge is 0.310 e. The first-order valence-electron chi connectivity index (χ1n) is 3.69. The van der Waals surface area contributed by atoms with Gasteiger partial charge in [0.1, 0.15) is 18.2 Å². The lowest BCUT2D eigenvalue weighted by Gasteiger charge is -2.02. The normalized spacial score (nSPS) is 12.5. The van der Waals surface area contributed by atoms with Gasteiger partial charge in [0.25, 0.3) is 0 Å². The third kappa shape index (κ3) is 1.56. The van der Waals surface area contributed by atoms with Crippen molar-refractivity contribution in [1.82, 2.24) is 9.78 Å². The molecule has 1 rings (SSSR count). The van der Waals surface area contributed by atoms with E-state index in [9.17, 15) is 14.9 Å². The smallest absolute Gasteiger partial charge is 0.303 e. The van der Waals surface area contributed by atoms with E-state index < -0.39 is 10.8 Å². The standard InChI is InChI=1S/C7H9N3O3/c1-5(4-11)7-6(10(12)13)3-8-9(7)2/h3-5H,1-2H3. The van der Waals surface area contributed by atoms with Crippen LogP contribution < -0.4 is 0 Å². The molecule has 1 aromatic rings. The Hall–Kier alpha value is -1.72. The van der Waals surface area contributed by atoms with Crippen molar-refractivity contribution in [2.75, 3.05) is 0 Å². The fourth-order valence-corrected chi connectivity index (χ4v) is 1.17. The zero-order valence-corrected chi connectivity index (χ0v) is 7.30. The minimum Gasteiger partial charge on any atom is -0.303 e. The number of hydrogen-bond acceptors (Lipinski definition) is 4. The molecule has 0 bridgehead atoms. The molecule has 0 saturated carbocycles. The molecule has 1 atom stereocenters. The van der Waals surface area contributed by atoms with Crippen molar-refractivity contribution < 1.29 is 9.72 Å². The topological polar surface area (TPSA) is 78.0 Å². The van der Waals surface area contributed by atoms with Crippen molar-refractivity contribution in [3.63, 3.8) is 0 Å². The second-order valence-electron chi connectivity index (χ2n) is 2.72. The van der Waals surface area contributed by atoms with Crippen molar-refractivity contribution in [2.45, 2.75) is 12.8 Å². The van der Waals surface area contributed by atoms with Crippen molar-refractivity contribution in [2.24, 2.45) is 7.05 Å². The lowest BCUT2D eigenvalue weighted by Crippen LogP contribution is -2.06. The number of aldehydes is 1. The van der Waals surface area contributed by atoms with E-state index >= 15 is 0 Å². The summed E-state index contributed by atoms with van der Waals surface area (Å²) in [6, 6.07) is 0. The molecule has 0 aliphatic rings. The molecule has 0 aromatic carbocycles. The summed E-state index contributed by atoms with van der Waals surface area (Å²) < 4.78 is 1.34. The van der Waals surface area contributed by atoms with Crippen LogP contribution in [0, 0.1) is 10.1 Å². The molecule has 0 N–H and O–H groups in total. The van der Waals surface area contributed by atoms with Gasteiger partial charge in [-0.2, -0.15) is 5.10 Å². The Labute approximate surface area is 74.3 Å². The maximum absolute atomic E-state index is 10.5. The van der Waals surface area contributed by atoms with Crippen LogP contribution in [0.4, 0.5) is 5.69 Å². The van der Waals surface area contributed by atoms with Crippen LogP contribution in [-0.2, 0) is 11.8 Å². The van der Waals surface area contributed by atoms with Gasteiger partial charge in [-0.25, -0.2) is 0 Å².